The normalized spacial score (nSPS) is 20.5. The lowest BCUT2D eigenvalue weighted by atomic mass is 9.85. The van der Waals surface area contributed by atoms with Crippen LogP contribution in [0.1, 0.15) is 58.8 Å². The van der Waals surface area contributed by atoms with Gasteiger partial charge in [-0.25, -0.2) is 0 Å². The zero-order chi connectivity index (χ0) is 19.7. The molecule has 0 unspecified atom stereocenters. The van der Waals surface area contributed by atoms with Gasteiger partial charge in [0.15, 0.2) is 5.96 Å². The number of hydrogen-bond donors (Lipinski definition) is 2. The van der Waals surface area contributed by atoms with Crippen LogP contribution in [0.25, 0.3) is 0 Å². The van der Waals surface area contributed by atoms with E-state index in [0.717, 1.165) is 50.7 Å². The summed E-state index contributed by atoms with van der Waals surface area (Å²) in [6.07, 6.45) is 8.01. The molecule has 7 heteroatoms. The first-order chi connectivity index (χ1) is 13.0. The first kappa shape index (κ1) is 25.5. The second-order valence-corrected chi connectivity index (χ2v) is 8.48. The van der Waals surface area contributed by atoms with E-state index in [1.54, 1.807) is 4.90 Å². The summed E-state index contributed by atoms with van der Waals surface area (Å²) in [7, 11) is 3.72. The third-order valence-electron chi connectivity index (χ3n) is 6.30. The van der Waals surface area contributed by atoms with E-state index in [0.29, 0.717) is 6.54 Å². The van der Waals surface area contributed by atoms with E-state index in [4.69, 9.17) is 4.99 Å². The van der Waals surface area contributed by atoms with Gasteiger partial charge in [0.25, 0.3) is 0 Å². The maximum Gasteiger partial charge on any atom is 0.230 e. The summed E-state index contributed by atoms with van der Waals surface area (Å²) in [6.45, 7) is 10.4. The molecule has 2 fully saturated rings. The Morgan fingerprint density at radius 1 is 1.14 bits per heavy atom. The standard InChI is InChI=1S/C21H41N5O.HI/c1-5-22-20(23-14-9-18-10-15-26(6-2)16-11-18)24-17-21(12-7-8-13-21)19(27)25(3)4;/h18H,5-17H2,1-4H3,(H2,22,23,24);1H. The zero-order valence-electron chi connectivity index (χ0n) is 18.4. The molecule has 0 aromatic rings. The van der Waals surface area contributed by atoms with Crippen LogP contribution in [0.15, 0.2) is 4.99 Å². The smallest absolute Gasteiger partial charge is 0.230 e. The third kappa shape index (κ3) is 7.35. The molecule has 2 N–H and O–H groups in total. The van der Waals surface area contributed by atoms with Gasteiger partial charge in [-0.05, 0) is 64.6 Å². The fraction of sp³-hybridized carbons (Fsp3) is 0.905. The summed E-state index contributed by atoms with van der Waals surface area (Å²) in [5, 5.41) is 6.85. The van der Waals surface area contributed by atoms with Crippen LogP contribution in [0.4, 0.5) is 0 Å². The Morgan fingerprint density at radius 3 is 2.32 bits per heavy atom. The van der Waals surface area contributed by atoms with Gasteiger partial charge < -0.3 is 20.4 Å². The van der Waals surface area contributed by atoms with Crippen molar-refractivity contribution in [3.63, 3.8) is 0 Å². The van der Waals surface area contributed by atoms with Gasteiger partial charge in [-0.2, -0.15) is 0 Å². The van der Waals surface area contributed by atoms with Gasteiger partial charge in [0, 0.05) is 27.2 Å². The van der Waals surface area contributed by atoms with Crippen molar-refractivity contribution in [1.82, 2.24) is 20.4 Å². The van der Waals surface area contributed by atoms with Gasteiger partial charge in [0.2, 0.25) is 5.91 Å². The quantitative estimate of drug-likeness (QED) is 0.302. The minimum atomic E-state index is -0.293. The minimum Gasteiger partial charge on any atom is -0.357 e. The molecule has 1 saturated carbocycles. The lowest BCUT2D eigenvalue weighted by Gasteiger charge is -2.31. The second-order valence-electron chi connectivity index (χ2n) is 8.48. The van der Waals surface area contributed by atoms with E-state index >= 15 is 0 Å². The van der Waals surface area contributed by atoms with Crippen LogP contribution in [-0.2, 0) is 4.79 Å². The monoisotopic (exact) mass is 507 g/mol. The van der Waals surface area contributed by atoms with Crippen molar-refractivity contribution in [2.75, 3.05) is 53.4 Å². The Hall–Kier alpha value is -0.570. The number of carbonyl (C=O) groups excluding carboxylic acids is 1. The number of nitrogens with one attached hydrogen (secondary N) is 2. The van der Waals surface area contributed by atoms with Crippen LogP contribution >= 0.6 is 24.0 Å². The van der Waals surface area contributed by atoms with Crippen molar-refractivity contribution < 1.29 is 4.79 Å². The van der Waals surface area contributed by atoms with Gasteiger partial charge in [-0.1, -0.05) is 19.8 Å². The Kier molecular flexibility index (Phi) is 11.7. The zero-order valence-corrected chi connectivity index (χ0v) is 20.8. The Balaban J connectivity index is 0.00000392. The van der Waals surface area contributed by atoms with E-state index in [9.17, 15) is 4.79 Å². The van der Waals surface area contributed by atoms with Gasteiger partial charge in [-0.3, -0.25) is 9.79 Å². The Labute approximate surface area is 189 Å². The average molecular weight is 508 g/mol. The van der Waals surface area contributed by atoms with Crippen molar-refractivity contribution in [1.29, 1.82) is 0 Å². The average Bonchev–Trinajstić information content (AvgIpc) is 3.16. The van der Waals surface area contributed by atoms with Gasteiger partial charge in [0.05, 0.1) is 12.0 Å². The number of guanidine groups is 1. The summed E-state index contributed by atoms with van der Waals surface area (Å²) in [4.78, 5) is 21.8. The van der Waals surface area contributed by atoms with Crippen molar-refractivity contribution in [3.8, 4) is 0 Å². The highest BCUT2D eigenvalue weighted by atomic mass is 127. The fourth-order valence-electron chi connectivity index (χ4n) is 4.52. The number of nitrogens with zero attached hydrogens (tertiary/aromatic N) is 3. The molecule has 0 aromatic heterocycles. The molecule has 164 valence electrons. The first-order valence-corrected chi connectivity index (χ1v) is 11.0. The Morgan fingerprint density at radius 2 is 1.79 bits per heavy atom. The van der Waals surface area contributed by atoms with Crippen LogP contribution in [0.3, 0.4) is 0 Å². The lowest BCUT2D eigenvalue weighted by molar-refractivity contribution is -0.138. The van der Waals surface area contributed by atoms with E-state index in [2.05, 4.69) is 29.4 Å². The Bertz CT molecular complexity index is 483. The molecule has 1 aliphatic carbocycles. The molecule has 0 atom stereocenters. The first-order valence-electron chi connectivity index (χ1n) is 11.0. The number of carbonyl (C=O) groups is 1. The molecule has 6 nitrogen and oxygen atoms in total. The largest absolute Gasteiger partial charge is 0.357 e. The second kappa shape index (κ2) is 12.9. The fourth-order valence-corrected chi connectivity index (χ4v) is 4.52. The molecule has 28 heavy (non-hydrogen) atoms. The van der Waals surface area contributed by atoms with Gasteiger partial charge in [-0.15, -0.1) is 24.0 Å². The minimum absolute atomic E-state index is 0. The van der Waals surface area contributed by atoms with Crippen LogP contribution in [0.2, 0.25) is 0 Å². The highest BCUT2D eigenvalue weighted by Crippen LogP contribution is 2.39. The maximum absolute atomic E-state index is 12.7. The van der Waals surface area contributed by atoms with E-state index in [1.807, 2.05) is 14.1 Å². The van der Waals surface area contributed by atoms with Crippen LogP contribution in [0, 0.1) is 11.3 Å². The molecule has 2 aliphatic rings. The summed E-state index contributed by atoms with van der Waals surface area (Å²) in [5.74, 6) is 1.92. The van der Waals surface area contributed by atoms with Gasteiger partial charge >= 0.3 is 0 Å². The molecule has 0 aromatic carbocycles. The molecule has 0 spiro atoms. The summed E-state index contributed by atoms with van der Waals surface area (Å²) >= 11 is 0. The number of aliphatic imine (C=N–C) groups is 1. The number of hydrogen-bond acceptors (Lipinski definition) is 3. The molecule has 0 bridgehead atoms. The molecule has 2 rings (SSSR count). The summed E-state index contributed by atoms with van der Waals surface area (Å²) in [5.41, 5.74) is -0.293. The molecule has 1 saturated heterocycles. The number of rotatable bonds is 8. The molecular formula is C21H42IN5O. The topological polar surface area (TPSA) is 60.0 Å². The number of likely N-dealkylation sites (tertiary alicyclic amines) is 1. The van der Waals surface area contributed by atoms with E-state index in [1.165, 1.54) is 38.9 Å². The summed E-state index contributed by atoms with van der Waals surface area (Å²) in [6, 6.07) is 0. The third-order valence-corrected chi connectivity index (χ3v) is 6.30. The highest BCUT2D eigenvalue weighted by molar-refractivity contribution is 14.0. The molecule has 1 amide bonds. The highest BCUT2D eigenvalue weighted by Gasteiger charge is 2.42. The van der Waals surface area contributed by atoms with E-state index in [-0.39, 0.29) is 35.3 Å². The summed E-state index contributed by atoms with van der Waals surface area (Å²) < 4.78 is 0. The van der Waals surface area contributed by atoms with Crippen LogP contribution in [0.5, 0.6) is 0 Å². The van der Waals surface area contributed by atoms with Crippen molar-refractivity contribution >= 4 is 35.8 Å². The van der Waals surface area contributed by atoms with Crippen molar-refractivity contribution in [3.05, 3.63) is 0 Å². The van der Waals surface area contributed by atoms with Crippen molar-refractivity contribution in [2.24, 2.45) is 16.3 Å². The molecule has 0 radical (unpaired) electrons. The van der Waals surface area contributed by atoms with Crippen molar-refractivity contribution in [2.45, 2.75) is 58.8 Å². The number of piperidine rings is 1. The molecule has 1 aliphatic heterocycles. The SMILES string of the molecule is CCNC(=NCC1(C(=O)N(C)C)CCCC1)NCCC1CCN(CC)CC1.I. The predicted octanol–water partition coefficient (Wildman–Crippen LogP) is 2.93. The van der Waals surface area contributed by atoms with Crippen LogP contribution in [-0.4, -0.2) is 75.0 Å². The molecule has 1 heterocycles. The van der Waals surface area contributed by atoms with E-state index < -0.39 is 0 Å². The molecular weight excluding hydrogens is 465 g/mol. The number of amides is 1. The van der Waals surface area contributed by atoms with Crippen LogP contribution < -0.4 is 10.6 Å². The lowest BCUT2D eigenvalue weighted by Crippen LogP contribution is -2.43. The van der Waals surface area contributed by atoms with Gasteiger partial charge in [0.1, 0.15) is 0 Å². The predicted molar refractivity (Wildman–Crippen MR) is 128 cm³/mol. The number of halogens is 1. The maximum atomic E-state index is 12.7.